The molecule has 1 saturated heterocycles. The Labute approximate surface area is 166 Å². The molecule has 0 spiro atoms. The zero-order valence-corrected chi connectivity index (χ0v) is 16.1. The fourth-order valence-corrected chi connectivity index (χ4v) is 4.57. The van der Waals surface area contributed by atoms with Crippen LogP contribution in [0.3, 0.4) is 0 Å². The van der Waals surface area contributed by atoms with Crippen LogP contribution in [0.1, 0.15) is 44.9 Å². The van der Waals surface area contributed by atoms with Crippen LogP contribution in [0, 0.1) is 17.5 Å². The molecule has 0 amide bonds. The lowest BCUT2D eigenvalue weighted by atomic mass is 9.87. The van der Waals surface area contributed by atoms with E-state index in [2.05, 4.69) is 15.5 Å². The third kappa shape index (κ3) is 3.90. The molecule has 0 aromatic heterocycles. The molecule has 29 heavy (non-hydrogen) atoms. The van der Waals surface area contributed by atoms with Crippen molar-refractivity contribution in [3.05, 3.63) is 50.0 Å². The third-order valence-corrected chi connectivity index (χ3v) is 6.08. The van der Waals surface area contributed by atoms with Gasteiger partial charge in [0.25, 0.3) is 10.9 Å². The summed E-state index contributed by atoms with van der Waals surface area (Å²) in [5.41, 5.74) is -1.38. The highest BCUT2D eigenvalue weighted by molar-refractivity contribution is 5.79. The number of benzene rings is 1. The molecule has 0 bridgehead atoms. The molecule has 156 valence electrons. The van der Waals surface area contributed by atoms with E-state index in [1.54, 1.807) is 0 Å². The van der Waals surface area contributed by atoms with Gasteiger partial charge in [0.15, 0.2) is 17.5 Å². The molecule has 5 nitrogen and oxygen atoms in total. The number of nitrogens with zero attached hydrogens (tertiary/aromatic N) is 1. The first-order valence-electron chi connectivity index (χ1n) is 10.2. The highest BCUT2D eigenvalue weighted by Crippen LogP contribution is 2.30. The Morgan fingerprint density at radius 1 is 0.828 bits per heavy atom. The molecule has 2 fully saturated rings. The quantitative estimate of drug-likeness (QED) is 0.585. The smallest absolute Gasteiger partial charge is 0.253 e. The SMILES string of the molecule is O=c1c(Nc2cc(F)c(F)c(F)c2)c(N[C@@H]2CCCC[C@H]2N2CCCCC2)c1=O. The van der Waals surface area contributed by atoms with Crippen LogP contribution in [0.25, 0.3) is 0 Å². The Balaban J connectivity index is 1.54. The summed E-state index contributed by atoms with van der Waals surface area (Å²) in [6.07, 6.45) is 7.65. The van der Waals surface area contributed by atoms with Gasteiger partial charge in [0.05, 0.1) is 0 Å². The molecule has 0 radical (unpaired) electrons. The predicted octanol–water partition coefficient (Wildman–Crippen LogP) is 3.65. The van der Waals surface area contributed by atoms with E-state index < -0.39 is 28.3 Å². The maximum Gasteiger partial charge on any atom is 0.253 e. The molecule has 1 heterocycles. The first-order valence-corrected chi connectivity index (χ1v) is 10.2. The largest absolute Gasteiger partial charge is 0.376 e. The topological polar surface area (TPSA) is 61.4 Å². The van der Waals surface area contributed by atoms with E-state index in [-0.39, 0.29) is 23.1 Å². The van der Waals surface area contributed by atoms with E-state index in [4.69, 9.17) is 0 Å². The van der Waals surface area contributed by atoms with Crippen molar-refractivity contribution in [2.24, 2.45) is 0 Å². The lowest BCUT2D eigenvalue weighted by Crippen LogP contribution is -2.52. The molecule has 2 atom stereocenters. The van der Waals surface area contributed by atoms with Crippen LogP contribution < -0.4 is 21.5 Å². The third-order valence-electron chi connectivity index (χ3n) is 6.08. The van der Waals surface area contributed by atoms with E-state index in [1.165, 1.54) is 6.42 Å². The van der Waals surface area contributed by atoms with Gasteiger partial charge in [-0.1, -0.05) is 19.3 Å². The number of nitrogens with one attached hydrogen (secondary N) is 2. The number of rotatable bonds is 5. The van der Waals surface area contributed by atoms with Gasteiger partial charge in [0.2, 0.25) is 0 Å². The minimum Gasteiger partial charge on any atom is -0.376 e. The van der Waals surface area contributed by atoms with Gasteiger partial charge in [0.1, 0.15) is 11.4 Å². The van der Waals surface area contributed by atoms with Gasteiger partial charge in [-0.25, -0.2) is 13.2 Å². The maximum absolute atomic E-state index is 13.5. The Kier molecular flexibility index (Phi) is 5.63. The van der Waals surface area contributed by atoms with Crippen LogP contribution in [0.2, 0.25) is 0 Å². The fourth-order valence-electron chi connectivity index (χ4n) is 4.57. The summed E-state index contributed by atoms with van der Waals surface area (Å²) in [5.74, 6) is -4.30. The van der Waals surface area contributed by atoms with Gasteiger partial charge in [-0.2, -0.15) is 0 Å². The van der Waals surface area contributed by atoms with E-state index in [0.717, 1.165) is 63.7 Å². The highest BCUT2D eigenvalue weighted by atomic mass is 19.2. The van der Waals surface area contributed by atoms with Crippen molar-refractivity contribution in [2.45, 2.75) is 57.0 Å². The second kappa shape index (κ2) is 8.18. The van der Waals surface area contributed by atoms with Crippen LogP contribution in [0.5, 0.6) is 0 Å². The Morgan fingerprint density at radius 3 is 2.14 bits per heavy atom. The van der Waals surface area contributed by atoms with Gasteiger partial charge >= 0.3 is 0 Å². The second-order valence-electron chi connectivity index (χ2n) is 7.99. The Morgan fingerprint density at radius 2 is 1.45 bits per heavy atom. The monoisotopic (exact) mass is 407 g/mol. The number of piperidine rings is 1. The normalized spacial score (nSPS) is 23.3. The standard InChI is InChI=1S/C21H24F3N3O2/c22-13-10-12(11-14(23)17(13)24)25-18-19(21(29)20(18)28)26-15-6-2-3-7-16(15)27-8-4-1-5-9-27/h10-11,15-16,25-26H,1-9H2/t15-,16-/m1/s1. The zero-order chi connectivity index (χ0) is 20.5. The number of hydrogen-bond acceptors (Lipinski definition) is 5. The maximum atomic E-state index is 13.5. The zero-order valence-electron chi connectivity index (χ0n) is 16.1. The van der Waals surface area contributed by atoms with Gasteiger partial charge in [-0.15, -0.1) is 0 Å². The van der Waals surface area contributed by atoms with Crippen LogP contribution in [0.4, 0.5) is 30.2 Å². The summed E-state index contributed by atoms with van der Waals surface area (Å²) in [6, 6.07) is 1.85. The molecule has 2 aromatic carbocycles. The average molecular weight is 407 g/mol. The molecule has 8 heteroatoms. The Hall–Kier alpha value is -2.35. The minimum atomic E-state index is -1.58. The highest BCUT2D eigenvalue weighted by Gasteiger charge is 2.33. The average Bonchev–Trinajstić information content (AvgIpc) is 2.75. The van der Waals surface area contributed by atoms with Crippen molar-refractivity contribution in [2.75, 3.05) is 23.7 Å². The van der Waals surface area contributed by atoms with Crippen molar-refractivity contribution in [1.82, 2.24) is 4.90 Å². The summed E-state index contributed by atoms with van der Waals surface area (Å²) in [5, 5.41) is 5.83. The van der Waals surface area contributed by atoms with Crippen molar-refractivity contribution in [3.63, 3.8) is 0 Å². The van der Waals surface area contributed by atoms with Crippen LogP contribution in [0.15, 0.2) is 21.7 Å². The van der Waals surface area contributed by atoms with Crippen LogP contribution in [-0.2, 0) is 0 Å². The molecule has 1 saturated carbocycles. The second-order valence-corrected chi connectivity index (χ2v) is 7.99. The number of likely N-dealkylation sites (tertiary alicyclic amines) is 1. The summed E-state index contributed by atoms with van der Waals surface area (Å²) in [7, 11) is 0. The number of anilines is 3. The van der Waals surface area contributed by atoms with Gasteiger partial charge < -0.3 is 10.6 Å². The lowest BCUT2D eigenvalue weighted by molar-refractivity contribution is 0.121. The molecule has 2 aliphatic rings. The molecule has 2 aromatic rings. The lowest BCUT2D eigenvalue weighted by Gasteiger charge is -2.42. The summed E-state index contributed by atoms with van der Waals surface area (Å²) in [4.78, 5) is 26.7. The van der Waals surface area contributed by atoms with Gasteiger partial charge in [-0.3, -0.25) is 14.5 Å². The van der Waals surface area contributed by atoms with Gasteiger partial charge in [0, 0.05) is 29.9 Å². The fraction of sp³-hybridized carbons (Fsp3) is 0.524. The van der Waals surface area contributed by atoms with E-state index >= 15 is 0 Å². The van der Waals surface area contributed by atoms with Crippen molar-refractivity contribution >= 4 is 17.1 Å². The van der Waals surface area contributed by atoms with Crippen LogP contribution >= 0.6 is 0 Å². The molecular formula is C21H24F3N3O2. The first kappa shape index (κ1) is 19.9. The molecule has 1 aliphatic carbocycles. The van der Waals surface area contributed by atoms with Crippen LogP contribution in [-0.4, -0.2) is 30.1 Å². The summed E-state index contributed by atoms with van der Waals surface area (Å²) >= 11 is 0. The summed E-state index contributed by atoms with van der Waals surface area (Å²) in [6.45, 7) is 2.07. The molecular weight excluding hydrogens is 383 g/mol. The molecule has 0 unspecified atom stereocenters. The molecule has 2 N–H and O–H groups in total. The van der Waals surface area contributed by atoms with Crippen molar-refractivity contribution in [3.8, 4) is 0 Å². The number of halogens is 3. The van der Waals surface area contributed by atoms with Crippen molar-refractivity contribution in [1.29, 1.82) is 0 Å². The first-order chi connectivity index (χ1) is 14.0. The number of hydrogen-bond donors (Lipinski definition) is 2. The van der Waals surface area contributed by atoms with E-state index in [1.807, 2.05) is 0 Å². The predicted molar refractivity (Wildman–Crippen MR) is 106 cm³/mol. The van der Waals surface area contributed by atoms with E-state index in [9.17, 15) is 22.8 Å². The molecule has 4 rings (SSSR count). The van der Waals surface area contributed by atoms with Gasteiger partial charge in [-0.05, 0) is 38.8 Å². The van der Waals surface area contributed by atoms with E-state index in [0.29, 0.717) is 6.04 Å². The minimum absolute atomic E-state index is 0.0247. The van der Waals surface area contributed by atoms with Crippen molar-refractivity contribution < 1.29 is 13.2 Å². The molecule has 1 aliphatic heterocycles. The Bertz CT molecular complexity index is 942. The summed E-state index contributed by atoms with van der Waals surface area (Å²) < 4.78 is 40.1.